The van der Waals surface area contributed by atoms with Gasteiger partial charge >= 0.3 is 0 Å². The van der Waals surface area contributed by atoms with E-state index < -0.39 is 0 Å². The van der Waals surface area contributed by atoms with Gasteiger partial charge in [0.25, 0.3) is 0 Å². The summed E-state index contributed by atoms with van der Waals surface area (Å²) in [7, 11) is 2.00. The smallest absolute Gasteiger partial charge is 0.0354 e. The van der Waals surface area contributed by atoms with Crippen molar-refractivity contribution in [3.8, 4) is 0 Å². The van der Waals surface area contributed by atoms with Gasteiger partial charge in [-0.05, 0) is 20.3 Å². The first kappa shape index (κ1) is 8.47. The Hall–Kier alpha value is -0.530. The number of hydrogen-bond donors (Lipinski definition) is 0. The molecule has 0 aromatic rings. The van der Waals surface area contributed by atoms with E-state index in [1.165, 1.54) is 0 Å². The van der Waals surface area contributed by atoms with Crippen LogP contribution in [0.1, 0.15) is 27.2 Å². The molecule has 0 N–H and O–H groups in total. The second-order valence-electron chi connectivity index (χ2n) is 2.43. The summed E-state index contributed by atoms with van der Waals surface area (Å²) in [6.07, 6.45) is 1.16. The first-order valence-electron chi connectivity index (χ1n) is 3.39. The fourth-order valence-corrected chi connectivity index (χ4v) is 0.715. The molecule has 0 aromatic heterocycles. The summed E-state index contributed by atoms with van der Waals surface area (Å²) in [5.41, 5.74) is 1.12. The van der Waals surface area contributed by atoms with E-state index in [1.54, 1.807) is 0 Å². The maximum atomic E-state index is 4.22. The molecule has 0 amide bonds. The lowest BCUT2D eigenvalue weighted by molar-refractivity contribution is 0.354. The molecule has 0 aliphatic rings. The number of rotatable bonds is 3. The van der Waals surface area contributed by atoms with Crippen molar-refractivity contribution < 1.29 is 0 Å². The molecule has 0 spiro atoms. The van der Waals surface area contributed by atoms with E-state index in [-0.39, 0.29) is 0 Å². The highest BCUT2D eigenvalue weighted by molar-refractivity contribution is 5.78. The van der Waals surface area contributed by atoms with Crippen LogP contribution < -0.4 is 0 Å². The maximum Gasteiger partial charge on any atom is 0.0354 e. The van der Waals surface area contributed by atoms with Crippen molar-refractivity contribution in [2.24, 2.45) is 5.10 Å². The predicted octanol–water partition coefficient (Wildman–Crippen LogP) is 1.72. The zero-order chi connectivity index (χ0) is 7.28. The standard InChI is InChI=1S/C7H16N2/c1-5-6-9(4)8-7(2)3/h5-6H2,1-4H3. The summed E-state index contributed by atoms with van der Waals surface area (Å²) in [5.74, 6) is 0. The summed E-state index contributed by atoms with van der Waals surface area (Å²) in [4.78, 5) is 0. The highest BCUT2D eigenvalue weighted by Crippen LogP contribution is 1.87. The molecule has 0 rings (SSSR count). The number of hydrogen-bond acceptors (Lipinski definition) is 2. The molecule has 0 fully saturated rings. The summed E-state index contributed by atoms with van der Waals surface area (Å²) in [6.45, 7) is 7.21. The molecule has 0 aliphatic heterocycles. The van der Waals surface area contributed by atoms with Crippen molar-refractivity contribution in [1.82, 2.24) is 5.01 Å². The van der Waals surface area contributed by atoms with E-state index in [0.29, 0.717) is 0 Å². The average Bonchev–Trinajstić information content (AvgIpc) is 1.63. The lowest BCUT2D eigenvalue weighted by atomic mass is 10.5. The minimum absolute atomic E-state index is 1.05. The van der Waals surface area contributed by atoms with Gasteiger partial charge in [0.2, 0.25) is 0 Å². The summed E-state index contributed by atoms with van der Waals surface area (Å²) in [5, 5.41) is 6.18. The van der Waals surface area contributed by atoms with Gasteiger partial charge in [0, 0.05) is 19.3 Å². The zero-order valence-corrected chi connectivity index (χ0v) is 6.81. The van der Waals surface area contributed by atoms with Crippen molar-refractivity contribution in [1.29, 1.82) is 0 Å². The third kappa shape index (κ3) is 5.34. The molecule has 0 unspecified atom stereocenters. The monoisotopic (exact) mass is 128 g/mol. The van der Waals surface area contributed by atoms with Crippen molar-refractivity contribution in [2.75, 3.05) is 13.6 Å². The Bertz CT molecular complexity index is 93.1. The van der Waals surface area contributed by atoms with Crippen LogP contribution in [0.2, 0.25) is 0 Å². The van der Waals surface area contributed by atoms with E-state index in [4.69, 9.17) is 0 Å². The summed E-state index contributed by atoms with van der Waals surface area (Å²) < 4.78 is 0. The van der Waals surface area contributed by atoms with Crippen LogP contribution in [0.4, 0.5) is 0 Å². The Morgan fingerprint density at radius 3 is 2.33 bits per heavy atom. The molecule has 0 atom stereocenters. The minimum atomic E-state index is 1.05. The van der Waals surface area contributed by atoms with Gasteiger partial charge in [-0.2, -0.15) is 5.10 Å². The predicted molar refractivity (Wildman–Crippen MR) is 41.7 cm³/mol. The van der Waals surface area contributed by atoms with Crippen LogP contribution in [0.5, 0.6) is 0 Å². The first-order valence-corrected chi connectivity index (χ1v) is 3.39. The van der Waals surface area contributed by atoms with Gasteiger partial charge in [-0.1, -0.05) is 6.92 Å². The third-order valence-electron chi connectivity index (χ3n) is 0.918. The molecule has 9 heavy (non-hydrogen) atoms. The van der Waals surface area contributed by atoms with Crippen LogP contribution in [0.15, 0.2) is 5.10 Å². The van der Waals surface area contributed by atoms with Gasteiger partial charge in [-0.25, -0.2) is 0 Å². The number of hydrazone groups is 1. The average molecular weight is 128 g/mol. The molecule has 0 aliphatic carbocycles. The van der Waals surface area contributed by atoms with Gasteiger partial charge in [-0.15, -0.1) is 0 Å². The fraction of sp³-hybridized carbons (Fsp3) is 0.857. The van der Waals surface area contributed by atoms with E-state index in [9.17, 15) is 0 Å². The molecule has 2 heteroatoms. The molecule has 0 saturated carbocycles. The van der Waals surface area contributed by atoms with Gasteiger partial charge in [0.05, 0.1) is 0 Å². The van der Waals surface area contributed by atoms with E-state index in [1.807, 2.05) is 25.9 Å². The highest BCUT2D eigenvalue weighted by atomic mass is 15.4. The second-order valence-corrected chi connectivity index (χ2v) is 2.43. The van der Waals surface area contributed by atoms with Crippen LogP contribution in [0.25, 0.3) is 0 Å². The Morgan fingerprint density at radius 2 is 2.00 bits per heavy atom. The molecule has 54 valence electrons. The molecule has 0 bridgehead atoms. The lowest BCUT2D eigenvalue weighted by Gasteiger charge is -2.10. The van der Waals surface area contributed by atoms with Crippen LogP contribution in [0.3, 0.4) is 0 Å². The van der Waals surface area contributed by atoms with Gasteiger partial charge in [0.15, 0.2) is 0 Å². The quantitative estimate of drug-likeness (QED) is 0.417. The Labute approximate surface area is 57.6 Å². The second kappa shape index (κ2) is 4.36. The third-order valence-corrected chi connectivity index (χ3v) is 0.918. The SMILES string of the molecule is CCCN(C)N=C(C)C. The minimum Gasteiger partial charge on any atom is -0.300 e. The maximum absolute atomic E-state index is 4.22. The fourth-order valence-electron chi connectivity index (χ4n) is 0.715. The van der Waals surface area contributed by atoms with E-state index in [2.05, 4.69) is 12.0 Å². The normalized spacial score (nSPS) is 8.89. The molecule has 0 aromatic carbocycles. The Kier molecular flexibility index (Phi) is 4.10. The van der Waals surface area contributed by atoms with Crippen molar-refractivity contribution in [3.63, 3.8) is 0 Å². The molecule has 0 saturated heterocycles. The summed E-state index contributed by atoms with van der Waals surface area (Å²) in [6, 6.07) is 0. The molecule has 2 nitrogen and oxygen atoms in total. The first-order chi connectivity index (χ1) is 4.16. The molecular weight excluding hydrogens is 112 g/mol. The van der Waals surface area contributed by atoms with Crippen LogP contribution in [-0.4, -0.2) is 24.3 Å². The summed E-state index contributed by atoms with van der Waals surface area (Å²) >= 11 is 0. The lowest BCUT2D eigenvalue weighted by Crippen LogP contribution is -2.12. The van der Waals surface area contributed by atoms with Crippen molar-refractivity contribution in [2.45, 2.75) is 27.2 Å². The van der Waals surface area contributed by atoms with Crippen LogP contribution in [0, 0.1) is 0 Å². The van der Waals surface area contributed by atoms with Crippen LogP contribution in [-0.2, 0) is 0 Å². The number of nitrogens with zero attached hydrogens (tertiary/aromatic N) is 2. The Balaban J connectivity index is 3.49. The topological polar surface area (TPSA) is 15.6 Å². The van der Waals surface area contributed by atoms with E-state index in [0.717, 1.165) is 18.7 Å². The van der Waals surface area contributed by atoms with E-state index >= 15 is 0 Å². The zero-order valence-electron chi connectivity index (χ0n) is 6.81. The molecular formula is C7H16N2. The van der Waals surface area contributed by atoms with Gasteiger partial charge in [0.1, 0.15) is 0 Å². The van der Waals surface area contributed by atoms with Crippen molar-refractivity contribution in [3.05, 3.63) is 0 Å². The largest absolute Gasteiger partial charge is 0.300 e. The van der Waals surface area contributed by atoms with Crippen LogP contribution >= 0.6 is 0 Å². The van der Waals surface area contributed by atoms with Gasteiger partial charge < -0.3 is 5.01 Å². The molecule has 0 heterocycles. The van der Waals surface area contributed by atoms with Crippen molar-refractivity contribution >= 4 is 5.71 Å². The van der Waals surface area contributed by atoms with Gasteiger partial charge in [-0.3, -0.25) is 0 Å². The Morgan fingerprint density at radius 1 is 1.44 bits per heavy atom. The highest BCUT2D eigenvalue weighted by Gasteiger charge is 1.87. The molecule has 0 radical (unpaired) electrons.